The number of carbonyl (C=O) groups is 1. The van der Waals surface area contributed by atoms with E-state index in [1.807, 2.05) is 12.1 Å². The van der Waals surface area contributed by atoms with Gasteiger partial charge in [0.15, 0.2) is 11.5 Å². The summed E-state index contributed by atoms with van der Waals surface area (Å²) in [5.41, 5.74) is 0.768. The van der Waals surface area contributed by atoms with Gasteiger partial charge in [-0.2, -0.15) is 0 Å². The standard InChI is InChI=1S/C17H24O4/c1-3-4-5-6-7-12-21-15-10-8-14(9-11-17(18)19)13-16(15)20-2/h8-11,13H,3-7,12H2,1-2H3,(H,18,19)/b11-9+. The molecule has 4 nitrogen and oxygen atoms in total. The van der Waals surface area contributed by atoms with Gasteiger partial charge in [-0.3, -0.25) is 0 Å². The van der Waals surface area contributed by atoms with Crippen molar-refractivity contribution in [3.05, 3.63) is 29.8 Å². The van der Waals surface area contributed by atoms with Crippen molar-refractivity contribution in [2.45, 2.75) is 39.0 Å². The third-order valence-corrected chi connectivity index (χ3v) is 3.11. The van der Waals surface area contributed by atoms with Crippen molar-refractivity contribution in [3.63, 3.8) is 0 Å². The molecule has 0 atom stereocenters. The molecule has 0 bridgehead atoms. The normalized spacial score (nSPS) is 10.8. The summed E-state index contributed by atoms with van der Waals surface area (Å²) in [6.07, 6.45) is 8.59. The maximum Gasteiger partial charge on any atom is 0.328 e. The monoisotopic (exact) mass is 292 g/mol. The average Bonchev–Trinajstić information content (AvgIpc) is 2.49. The molecule has 116 valence electrons. The highest BCUT2D eigenvalue weighted by Crippen LogP contribution is 2.28. The Morgan fingerprint density at radius 3 is 2.62 bits per heavy atom. The summed E-state index contributed by atoms with van der Waals surface area (Å²) in [6.45, 7) is 2.87. The molecule has 4 heteroatoms. The molecule has 1 aromatic rings. The lowest BCUT2D eigenvalue weighted by atomic mass is 10.1. The minimum Gasteiger partial charge on any atom is -0.493 e. The largest absolute Gasteiger partial charge is 0.493 e. The molecule has 0 amide bonds. The van der Waals surface area contributed by atoms with Gasteiger partial charge in [0.2, 0.25) is 0 Å². The van der Waals surface area contributed by atoms with Crippen molar-refractivity contribution in [2.75, 3.05) is 13.7 Å². The van der Waals surface area contributed by atoms with Gasteiger partial charge in [0.05, 0.1) is 13.7 Å². The first kappa shape index (κ1) is 17.1. The number of rotatable bonds is 10. The zero-order chi connectivity index (χ0) is 15.5. The molecule has 1 N–H and O–H groups in total. The predicted octanol–water partition coefficient (Wildman–Crippen LogP) is 4.14. The zero-order valence-electron chi connectivity index (χ0n) is 12.8. The van der Waals surface area contributed by atoms with Crippen molar-refractivity contribution in [1.29, 1.82) is 0 Å². The summed E-state index contributed by atoms with van der Waals surface area (Å²) >= 11 is 0. The van der Waals surface area contributed by atoms with E-state index >= 15 is 0 Å². The number of unbranched alkanes of at least 4 members (excludes halogenated alkanes) is 4. The van der Waals surface area contributed by atoms with Crippen molar-refractivity contribution in [1.82, 2.24) is 0 Å². The second-order valence-corrected chi connectivity index (χ2v) is 4.84. The number of benzene rings is 1. The molecule has 1 rings (SSSR count). The summed E-state index contributed by atoms with van der Waals surface area (Å²) in [4.78, 5) is 10.5. The molecule has 0 saturated carbocycles. The Labute approximate surface area is 126 Å². The third kappa shape index (κ3) is 6.84. The lowest BCUT2D eigenvalue weighted by Gasteiger charge is -2.11. The van der Waals surface area contributed by atoms with E-state index in [9.17, 15) is 4.79 Å². The van der Waals surface area contributed by atoms with Crippen LogP contribution in [0.4, 0.5) is 0 Å². The van der Waals surface area contributed by atoms with Gasteiger partial charge in [-0.05, 0) is 30.2 Å². The number of methoxy groups -OCH3 is 1. The van der Waals surface area contributed by atoms with Gasteiger partial charge in [-0.1, -0.05) is 38.7 Å². The average molecular weight is 292 g/mol. The van der Waals surface area contributed by atoms with Crippen molar-refractivity contribution in [3.8, 4) is 11.5 Å². The summed E-state index contributed by atoms with van der Waals surface area (Å²) in [5.74, 6) is 0.345. The minimum absolute atomic E-state index is 0.621. The van der Waals surface area contributed by atoms with Crippen molar-refractivity contribution in [2.24, 2.45) is 0 Å². The Morgan fingerprint density at radius 1 is 1.19 bits per heavy atom. The lowest BCUT2D eigenvalue weighted by molar-refractivity contribution is -0.131. The number of ether oxygens (including phenoxy) is 2. The van der Waals surface area contributed by atoms with E-state index in [4.69, 9.17) is 14.6 Å². The summed E-state index contributed by atoms with van der Waals surface area (Å²) in [5, 5.41) is 8.62. The van der Waals surface area contributed by atoms with Crippen LogP contribution in [0.3, 0.4) is 0 Å². The van der Waals surface area contributed by atoms with Crippen LogP contribution >= 0.6 is 0 Å². The van der Waals surface area contributed by atoms with Gasteiger partial charge < -0.3 is 14.6 Å². The molecule has 0 aliphatic carbocycles. The lowest BCUT2D eigenvalue weighted by Crippen LogP contribution is -1.99. The van der Waals surface area contributed by atoms with Crippen LogP contribution in [-0.2, 0) is 4.79 Å². The van der Waals surface area contributed by atoms with Crippen LogP contribution in [0.2, 0.25) is 0 Å². The van der Waals surface area contributed by atoms with E-state index in [1.165, 1.54) is 31.8 Å². The van der Waals surface area contributed by atoms with E-state index in [1.54, 1.807) is 13.2 Å². The molecule has 0 radical (unpaired) electrons. The van der Waals surface area contributed by atoms with E-state index in [0.717, 1.165) is 18.1 Å². The maximum atomic E-state index is 10.5. The van der Waals surface area contributed by atoms with Crippen LogP contribution in [0, 0.1) is 0 Å². The molecular weight excluding hydrogens is 268 g/mol. The van der Waals surface area contributed by atoms with Gasteiger partial charge >= 0.3 is 5.97 Å². The Balaban J connectivity index is 2.52. The number of aliphatic carboxylic acids is 1. The fourth-order valence-corrected chi connectivity index (χ4v) is 1.96. The highest BCUT2D eigenvalue weighted by atomic mass is 16.5. The molecule has 0 fully saturated rings. The summed E-state index contributed by atoms with van der Waals surface area (Å²) in [6, 6.07) is 5.40. The van der Waals surface area contributed by atoms with Gasteiger partial charge in [0.1, 0.15) is 0 Å². The Morgan fingerprint density at radius 2 is 1.95 bits per heavy atom. The predicted molar refractivity (Wildman–Crippen MR) is 83.9 cm³/mol. The molecule has 0 unspecified atom stereocenters. The summed E-state index contributed by atoms with van der Waals surface area (Å²) < 4.78 is 11.0. The van der Waals surface area contributed by atoms with E-state index in [-0.39, 0.29) is 0 Å². The van der Waals surface area contributed by atoms with Crippen LogP contribution in [0.15, 0.2) is 24.3 Å². The smallest absolute Gasteiger partial charge is 0.328 e. The van der Waals surface area contributed by atoms with Crippen LogP contribution in [0.25, 0.3) is 6.08 Å². The van der Waals surface area contributed by atoms with E-state index in [0.29, 0.717) is 18.1 Å². The topological polar surface area (TPSA) is 55.8 Å². The Hall–Kier alpha value is -1.97. The van der Waals surface area contributed by atoms with Crippen LogP contribution in [-0.4, -0.2) is 24.8 Å². The van der Waals surface area contributed by atoms with Crippen molar-refractivity contribution >= 4 is 12.0 Å². The quantitative estimate of drug-likeness (QED) is 0.520. The molecule has 0 spiro atoms. The second kappa shape index (κ2) is 9.86. The fraction of sp³-hybridized carbons (Fsp3) is 0.471. The van der Waals surface area contributed by atoms with Crippen molar-refractivity contribution < 1.29 is 19.4 Å². The van der Waals surface area contributed by atoms with Gasteiger partial charge in [0, 0.05) is 6.08 Å². The molecule has 0 aromatic heterocycles. The van der Waals surface area contributed by atoms with Crippen LogP contribution in [0.5, 0.6) is 11.5 Å². The van der Waals surface area contributed by atoms with Crippen LogP contribution < -0.4 is 9.47 Å². The maximum absolute atomic E-state index is 10.5. The SMILES string of the molecule is CCCCCCCOc1ccc(/C=C/C(=O)O)cc1OC. The molecule has 0 heterocycles. The first-order valence-electron chi connectivity index (χ1n) is 7.39. The molecule has 0 saturated heterocycles. The fourth-order valence-electron chi connectivity index (χ4n) is 1.96. The van der Waals surface area contributed by atoms with E-state index < -0.39 is 5.97 Å². The molecule has 0 aliphatic rings. The first-order valence-corrected chi connectivity index (χ1v) is 7.39. The summed E-state index contributed by atoms with van der Waals surface area (Å²) in [7, 11) is 1.58. The molecule has 1 aromatic carbocycles. The molecule has 0 aliphatic heterocycles. The van der Waals surface area contributed by atoms with Gasteiger partial charge in [-0.25, -0.2) is 4.79 Å². The number of hydrogen-bond donors (Lipinski definition) is 1. The molecular formula is C17H24O4. The van der Waals surface area contributed by atoms with Gasteiger partial charge in [0.25, 0.3) is 0 Å². The number of carboxylic acid groups (broad SMARTS) is 1. The third-order valence-electron chi connectivity index (χ3n) is 3.11. The zero-order valence-corrected chi connectivity index (χ0v) is 12.8. The highest BCUT2D eigenvalue weighted by Gasteiger charge is 2.05. The van der Waals surface area contributed by atoms with E-state index in [2.05, 4.69) is 6.92 Å². The highest BCUT2D eigenvalue weighted by molar-refractivity contribution is 5.85. The van der Waals surface area contributed by atoms with Gasteiger partial charge in [-0.15, -0.1) is 0 Å². The minimum atomic E-state index is -0.971. The first-order chi connectivity index (χ1) is 10.2. The second-order valence-electron chi connectivity index (χ2n) is 4.84. The van der Waals surface area contributed by atoms with Crippen LogP contribution in [0.1, 0.15) is 44.6 Å². The Bertz CT molecular complexity index is 466. The Kier molecular flexibility index (Phi) is 8.02. The number of hydrogen-bond acceptors (Lipinski definition) is 3. The number of carboxylic acids is 1. The molecule has 21 heavy (non-hydrogen) atoms.